The largest absolute Gasteiger partial charge is 0.318 e. The zero-order chi connectivity index (χ0) is 8.91. The minimum absolute atomic E-state index is 0.0231. The van der Waals surface area contributed by atoms with Crippen LogP contribution in [0.1, 0.15) is 40.5 Å². The van der Waals surface area contributed by atoms with Gasteiger partial charge in [0.05, 0.1) is 6.04 Å². The number of hydrogen-bond donors (Lipinski definition) is 1. The van der Waals surface area contributed by atoms with Gasteiger partial charge in [0.1, 0.15) is 0 Å². The van der Waals surface area contributed by atoms with Crippen LogP contribution in [0, 0.1) is 17.3 Å². The smallest absolute Gasteiger partial charge is 0.0635 e. The van der Waals surface area contributed by atoms with Crippen LogP contribution in [0.2, 0.25) is 0 Å². The van der Waals surface area contributed by atoms with Crippen molar-refractivity contribution in [1.82, 2.24) is 0 Å². The van der Waals surface area contributed by atoms with Gasteiger partial charge in [0.15, 0.2) is 0 Å². The second kappa shape index (κ2) is 4.41. The van der Waals surface area contributed by atoms with E-state index in [-0.39, 0.29) is 6.04 Å². The number of rotatable bonds is 1. The lowest BCUT2D eigenvalue weighted by Crippen LogP contribution is -2.11. The molecule has 0 fully saturated rings. The average molecular weight is 153 g/mol. The van der Waals surface area contributed by atoms with Crippen molar-refractivity contribution in [1.29, 1.82) is 0 Å². The van der Waals surface area contributed by atoms with Crippen LogP contribution in [0.25, 0.3) is 0 Å². The van der Waals surface area contributed by atoms with Crippen LogP contribution in [0.15, 0.2) is 0 Å². The van der Waals surface area contributed by atoms with Crippen LogP contribution in [-0.2, 0) is 0 Å². The molecular formula is C10H19N. The monoisotopic (exact) mass is 153 g/mol. The van der Waals surface area contributed by atoms with Gasteiger partial charge in [-0.05, 0) is 18.8 Å². The third kappa shape index (κ3) is 9.52. The first-order valence-corrected chi connectivity index (χ1v) is 4.16. The van der Waals surface area contributed by atoms with Crippen molar-refractivity contribution in [2.75, 3.05) is 0 Å². The van der Waals surface area contributed by atoms with E-state index in [4.69, 9.17) is 5.73 Å². The van der Waals surface area contributed by atoms with E-state index in [1.54, 1.807) is 0 Å². The summed E-state index contributed by atoms with van der Waals surface area (Å²) in [7, 11) is 0. The van der Waals surface area contributed by atoms with Gasteiger partial charge in [-0.25, -0.2) is 0 Å². The highest BCUT2D eigenvalue weighted by atomic mass is 14.6. The molecule has 0 aliphatic heterocycles. The summed E-state index contributed by atoms with van der Waals surface area (Å²) in [6, 6.07) is 0.0231. The van der Waals surface area contributed by atoms with E-state index in [2.05, 4.69) is 32.6 Å². The van der Waals surface area contributed by atoms with Gasteiger partial charge in [0.2, 0.25) is 0 Å². The van der Waals surface area contributed by atoms with Gasteiger partial charge in [0, 0.05) is 6.42 Å². The van der Waals surface area contributed by atoms with Crippen LogP contribution < -0.4 is 5.73 Å². The van der Waals surface area contributed by atoms with E-state index >= 15 is 0 Å². The Hall–Kier alpha value is -0.480. The lowest BCUT2D eigenvalue weighted by atomic mass is 9.91. The maximum atomic E-state index is 5.47. The summed E-state index contributed by atoms with van der Waals surface area (Å²) >= 11 is 0. The van der Waals surface area contributed by atoms with E-state index < -0.39 is 0 Å². The molecular weight excluding hydrogens is 134 g/mol. The molecule has 1 nitrogen and oxygen atoms in total. The highest BCUT2D eigenvalue weighted by molar-refractivity contribution is 5.05. The fourth-order valence-corrected chi connectivity index (χ4v) is 0.671. The molecule has 0 aromatic carbocycles. The lowest BCUT2D eigenvalue weighted by Gasteiger charge is -2.15. The average Bonchev–Trinajstić information content (AvgIpc) is 1.78. The molecule has 0 radical (unpaired) electrons. The topological polar surface area (TPSA) is 26.0 Å². The van der Waals surface area contributed by atoms with Gasteiger partial charge in [-0.1, -0.05) is 26.7 Å². The van der Waals surface area contributed by atoms with Crippen molar-refractivity contribution in [3.63, 3.8) is 0 Å². The van der Waals surface area contributed by atoms with Crippen LogP contribution in [-0.4, -0.2) is 6.04 Å². The van der Waals surface area contributed by atoms with Crippen molar-refractivity contribution < 1.29 is 0 Å². The molecule has 2 N–H and O–H groups in total. The molecule has 0 aromatic rings. The summed E-state index contributed by atoms with van der Waals surface area (Å²) in [6.07, 6.45) is 2.11. The van der Waals surface area contributed by atoms with Crippen LogP contribution in [0.3, 0.4) is 0 Å². The summed E-state index contributed by atoms with van der Waals surface area (Å²) in [6.45, 7) is 8.58. The van der Waals surface area contributed by atoms with Crippen LogP contribution in [0.4, 0.5) is 0 Å². The summed E-state index contributed by atoms with van der Waals surface area (Å²) in [5.41, 5.74) is 5.86. The Labute approximate surface area is 70.4 Å². The molecule has 0 aliphatic rings. The second-order valence-corrected chi connectivity index (χ2v) is 4.17. The Morgan fingerprint density at radius 3 is 2.27 bits per heavy atom. The minimum atomic E-state index is 0.0231. The third-order valence-corrected chi connectivity index (χ3v) is 1.33. The van der Waals surface area contributed by atoms with E-state index in [0.717, 1.165) is 12.8 Å². The Bertz CT molecular complexity index is 152. The second-order valence-electron chi connectivity index (χ2n) is 4.17. The van der Waals surface area contributed by atoms with E-state index in [1.165, 1.54) is 0 Å². The predicted molar refractivity (Wildman–Crippen MR) is 50.1 cm³/mol. The first-order valence-electron chi connectivity index (χ1n) is 4.16. The molecule has 1 unspecified atom stereocenters. The lowest BCUT2D eigenvalue weighted by molar-refractivity contribution is 0.384. The van der Waals surface area contributed by atoms with Gasteiger partial charge in [0.25, 0.3) is 0 Å². The molecule has 0 rings (SSSR count). The van der Waals surface area contributed by atoms with Crippen molar-refractivity contribution in [3.8, 4) is 11.8 Å². The minimum Gasteiger partial charge on any atom is -0.318 e. The molecule has 1 atom stereocenters. The van der Waals surface area contributed by atoms with E-state index in [9.17, 15) is 0 Å². The summed E-state index contributed by atoms with van der Waals surface area (Å²) in [5, 5.41) is 0. The first-order chi connectivity index (χ1) is 4.92. The maximum Gasteiger partial charge on any atom is 0.0635 e. The molecule has 0 amide bonds. The Morgan fingerprint density at radius 2 is 1.91 bits per heavy atom. The summed E-state index contributed by atoms with van der Waals surface area (Å²) in [4.78, 5) is 0. The molecule has 1 heteroatoms. The fraction of sp³-hybridized carbons (Fsp3) is 0.800. The normalized spacial score (nSPS) is 13.5. The summed E-state index contributed by atoms with van der Waals surface area (Å²) < 4.78 is 0. The van der Waals surface area contributed by atoms with Crippen LogP contribution in [0.5, 0.6) is 0 Å². The molecule has 0 aromatic heterocycles. The van der Waals surface area contributed by atoms with Crippen molar-refractivity contribution in [2.45, 2.75) is 46.6 Å². The predicted octanol–water partition coefficient (Wildman–Crippen LogP) is 2.16. The van der Waals surface area contributed by atoms with Crippen LogP contribution >= 0.6 is 0 Å². The molecule has 0 saturated carbocycles. The van der Waals surface area contributed by atoms with Gasteiger partial charge in [-0.15, -0.1) is 5.92 Å². The highest BCUT2D eigenvalue weighted by Crippen LogP contribution is 2.19. The van der Waals surface area contributed by atoms with Crippen molar-refractivity contribution in [3.05, 3.63) is 0 Å². The van der Waals surface area contributed by atoms with Gasteiger partial charge < -0.3 is 5.73 Å². The first kappa shape index (κ1) is 10.5. The number of nitrogens with two attached hydrogens (primary N) is 1. The molecule has 11 heavy (non-hydrogen) atoms. The van der Waals surface area contributed by atoms with E-state index in [0.29, 0.717) is 5.41 Å². The Morgan fingerprint density at radius 1 is 1.36 bits per heavy atom. The van der Waals surface area contributed by atoms with Crippen molar-refractivity contribution in [2.24, 2.45) is 11.1 Å². The third-order valence-electron chi connectivity index (χ3n) is 1.33. The maximum absolute atomic E-state index is 5.47. The molecule has 0 bridgehead atoms. The quantitative estimate of drug-likeness (QED) is 0.574. The molecule has 0 saturated heterocycles. The Balaban J connectivity index is 3.52. The van der Waals surface area contributed by atoms with E-state index in [1.807, 2.05) is 6.92 Å². The van der Waals surface area contributed by atoms with Gasteiger partial charge in [-0.3, -0.25) is 0 Å². The molecule has 64 valence electrons. The molecule has 0 spiro atoms. The SMILES string of the molecule is CC(N)C#CCCC(C)(C)C. The van der Waals surface area contributed by atoms with Gasteiger partial charge >= 0.3 is 0 Å². The zero-order valence-electron chi connectivity index (χ0n) is 8.07. The molecule has 0 heterocycles. The Kier molecular flexibility index (Phi) is 4.22. The standard InChI is InChI=1S/C10H19N/c1-9(11)7-5-6-8-10(2,3)4/h9H,6,8,11H2,1-4H3. The van der Waals surface area contributed by atoms with Crippen molar-refractivity contribution >= 4 is 0 Å². The fourth-order valence-electron chi connectivity index (χ4n) is 0.671. The van der Waals surface area contributed by atoms with Gasteiger partial charge in [-0.2, -0.15) is 0 Å². The highest BCUT2D eigenvalue weighted by Gasteiger charge is 2.07. The summed E-state index contributed by atoms with van der Waals surface area (Å²) in [5.74, 6) is 6.01. The zero-order valence-corrected chi connectivity index (χ0v) is 8.07. The molecule has 0 aliphatic carbocycles. The number of hydrogen-bond acceptors (Lipinski definition) is 1.